The summed E-state index contributed by atoms with van der Waals surface area (Å²) in [7, 11) is 0. The molecular formula is C32H30ClNO3. The van der Waals surface area contributed by atoms with Crippen molar-refractivity contribution < 1.29 is 14.7 Å². The molecule has 4 nitrogen and oxygen atoms in total. The number of carboxylic acids is 1. The van der Waals surface area contributed by atoms with Crippen LogP contribution < -0.4 is 5.32 Å². The summed E-state index contributed by atoms with van der Waals surface area (Å²) in [6.07, 6.45) is -0.248. The van der Waals surface area contributed by atoms with Crippen LogP contribution >= 0.6 is 11.6 Å². The summed E-state index contributed by atoms with van der Waals surface area (Å²) in [6, 6.07) is 30.3. The Hall–Kier alpha value is -3.89. The number of amides is 1. The van der Waals surface area contributed by atoms with Crippen molar-refractivity contribution in [3.63, 3.8) is 0 Å². The molecule has 5 heteroatoms. The molecule has 0 heterocycles. The van der Waals surface area contributed by atoms with Gasteiger partial charge in [0.15, 0.2) is 0 Å². The highest BCUT2D eigenvalue weighted by Crippen LogP contribution is 2.30. The minimum Gasteiger partial charge on any atom is -0.481 e. The van der Waals surface area contributed by atoms with E-state index >= 15 is 0 Å². The summed E-state index contributed by atoms with van der Waals surface area (Å²) in [5, 5.41) is 12.7. The Labute approximate surface area is 222 Å². The second kappa shape index (κ2) is 11.0. The molecule has 4 rings (SSSR count). The molecule has 0 bridgehead atoms. The number of halogens is 1. The molecule has 188 valence electrons. The van der Waals surface area contributed by atoms with E-state index in [0.717, 1.165) is 22.3 Å². The van der Waals surface area contributed by atoms with E-state index in [2.05, 4.69) is 38.2 Å². The average Bonchev–Trinajstić information content (AvgIpc) is 2.88. The molecule has 0 aliphatic carbocycles. The smallest absolute Gasteiger partial charge is 0.305 e. The molecular weight excluding hydrogens is 482 g/mol. The Kier molecular flexibility index (Phi) is 7.80. The molecule has 0 aliphatic heterocycles. The Morgan fingerprint density at radius 3 is 1.92 bits per heavy atom. The highest BCUT2D eigenvalue weighted by atomic mass is 35.5. The molecule has 0 spiro atoms. The van der Waals surface area contributed by atoms with E-state index < -0.39 is 17.9 Å². The summed E-state index contributed by atoms with van der Waals surface area (Å²) in [5.41, 5.74) is 6.18. The van der Waals surface area contributed by atoms with Gasteiger partial charge in [-0.05, 0) is 50.9 Å². The van der Waals surface area contributed by atoms with Crippen molar-refractivity contribution >= 4 is 23.5 Å². The fourth-order valence-electron chi connectivity index (χ4n) is 4.24. The lowest BCUT2D eigenvalue weighted by atomic mass is 9.86. The van der Waals surface area contributed by atoms with Crippen LogP contribution in [0.1, 0.15) is 54.7 Å². The third-order valence-electron chi connectivity index (χ3n) is 6.40. The normalized spacial score (nSPS) is 12.1. The lowest BCUT2D eigenvalue weighted by molar-refractivity contribution is -0.137. The summed E-state index contributed by atoms with van der Waals surface area (Å²) in [5.74, 6) is -1.42. The molecule has 1 atom stereocenters. The Morgan fingerprint density at radius 1 is 0.784 bits per heavy atom. The molecule has 4 aromatic carbocycles. The van der Waals surface area contributed by atoms with Crippen molar-refractivity contribution in [1.29, 1.82) is 0 Å². The molecule has 0 radical (unpaired) electrons. The van der Waals surface area contributed by atoms with Crippen molar-refractivity contribution in [1.82, 2.24) is 5.32 Å². The van der Waals surface area contributed by atoms with Crippen LogP contribution in [0.15, 0.2) is 97.1 Å². The first-order chi connectivity index (χ1) is 17.6. The maximum absolute atomic E-state index is 13.3. The topological polar surface area (TPSA) is 66.4 Å². The van der Waals surface area contributed by atoms with Crippen LogP contribution in [0.4, 0.5) is 0 Å². The first-order valence-corrected chi connectivity index (χ1v) is 12.6. The van der Waals surface area contributed by atoms with Crippen molar-refractivity contribution in [2.24, 2.45) is 0 Å². The van der Waals surface area contributed by atoms with Gasteiger partial charge in [0.05, 0.1) is 23.0 Å². The van der Waals surface area contributed by atoms with Crippen LogP contribution in [0.25, 0.3) is 22.3 Å². The maximum Gasteiger partial charge on any atom is 0.305 e. The minimum atomic E-state index is -1.00. The van der Waals surface area contributed by atoms with Gasteiger partial charge in [-0.2, -0.15) is 0 Å². The number of benzene rings is 4. The maximum atomic E-state index is 13.3. The number of aliphatic carboxylic acids is 1. The van der Waals surface area contributed by atoms with Gasteiger partial charge >= 0.3 is 5.97 Å². The first kappa shape index (κ1) is 26.2. The zero-order valence-electron chi connectivity index (χ0n) is 21.2. The SMILES string of the molecule is CC(C)(C)c1ccc(-c2ccc(Cl)c(C(=O)NC(CC(=O)O)c3ccc(-c4ccccc4)cc3)c2)cc1. The predicted octanol–water partition coefficient (Wildman–Crippen LogP) is 7.92. The average molecular weight is 512 g/mol. The highest BCUT2D eigenvalue weighted by Gasteiger charge is 2.21. The van der Waals surface area contributed by atoms with Gasteiger partial charge in [0.2, 0.25) is 0 Å². The fraction of sp³-hybridized carbons (Fsp3) is 0.188. The van der Waals surface area contributed by atoms with Crippen LogP contribution in [0.5, 0.6) is 0 Å². The van der Waals surface area contributed by atoms with Crippen molar-refractivity contribution in [2.75, 3.05) is 0 Å². The second-order valence-corrected chi connectivity index (χ2v) is 10.5. The van der Waals surface area contributed by atoms with Crippen LogP contribution in [0.3, 0.4) is 0 Å². The van der Waals surface area contributed by atoms with E-state index in [0.29, 0.717) is 16.1 Å². The third kappa shape index (κ3) is 6.46. The third-order valence-corrected chi connectivity index (χ3v) is 6.73. The van der Waals surface area contributed by atoms with Gasteiger partial charge in [-0.25, -0.2) is 0 Å². The zero-order chi connectivity index (χ0) is 26.6. The quantitative estimate of drug-likeness (QED) is 0.265. The summed E-state index contributed by atoms with van der Waals surface area (Å²) >= 11 is 6.41. The van der Waals surface area contributed by atoms with Gasteiger partial charge in [-0.15, -0.1) is 0 Å². The van der Waals surface area contributed by atoms with E-state index in [1.54, 1.807) is 12.1 Å². The molecule has 2 N–H and O–H groups in total. The standard InChI is InChI=1S/C32H30ClNO3/c1-32(2,3)26-16-13-23(14-17-26)25-15-18-28(33)27(19-25)31(37)34-29(20-30(35)36)24-11-9-22(10-12-24)21-7-5-4-6-8-21/h4-19,29H,20H2,1-3H3,(H,34,37)(H,35,36). The van der Waals surface area contributed by atoms with E-state index in [4.69, 9.17) is 11.6 Å². The van der Waals surface area contributed by atoms with Gasteiger partial charge < -0.3 is 10.4 Å². The number of hydrogen-bond donors (Lipinski definition) is 2. The van der Waals surface area contributed by atoms with Gasteiger partial charge in [0.1, 0.15) is 0 Å². The molecule has 1 amide bonds. The Bertz CT molecular complexity index is 1390. The van der Waals surface area contributed by atoms with Crippen molar-refractivity contribution in [2.45, 2.75) is 38.6 Å². The van der Waals surface area contributed by atoms with Crippen molar-refractivity contribution in [3.05, 3.63) is 119 Å². The lowest BCUT2D eigenvalue weighted by Gasteiger charge is -2.20. The van der Waals surface area contributed by atoms with Gasteiger partial charge in [-0.1, -0.05) is 117 Å². The molecule has 0 fully saturated rings. The molecule has 0 saturated heterocycles. The highest BCUT2D eigenvalue weighted by molar-refractivity contribution is 6.34. The number of carbonyl (C=O) groups is 2. The van der Waals surface area contributed by atoms with Crippen LogP contribution in [-0.4, -0.2) is 17.0 Å². The predicted molar refractivity (Wildman–Crippen MR) is 150 cm³/mol. The minimum absolute atomic E-state index is 0.0437. The van der Waals surface area contributed by atoms with Crippen LogP contribution in [0.2, 0.25) is 5.02 Å². The molecule has 0 saturated carbocycles. The van der Waals surface area contributed by atoms with Crippen LogP contribution in [-0.2, 0) is 10.2 Å². The molecule has 4 aromatic rings. The number of carboxylic acid groups (broad SMARTS) is 1. The number of hydrogen-bond acceptors (Lipinski definition) is 2. The van der Waals surface area contributed by atoms with Gasteiger partial charge in [0.25, 0.3) is 5.91 Å². The monoisotopic (exact) mass is 511 g/mol. The second-order valence-electron chi connectivity index (χ2n) is 10.1. The lowest BCUT2D eigenvalue weighted by Crippen LogP contribution is -2.30. The molecule has 1 unspecified atom stereocenters. The molecule has 0 aliphatic rings. The van der Waals surface area contributed by atoms with E-state index in [9.17, 15) is 14.7 Å². The Morgan fingerprint density at radius 2 is 1.32 bits per heavy atom. The fourth-order valence-corrected chi connectivity index (χ4v) is 4.45. The van der Waals surface area contributed by atoms with Crippen molar-refractivity contribution in [3.8, 4) is 22.3 Å². The van der Waals surface area contributed by atoms with Gasteiger partial charge in [0, 0.05) is 0 Å². The van der Waals surface area contributed by atoms with Crippen LogP contribution in [0, 0.1) is 0 Å². The van der Waals surface area contributed by atoms with E-state index in [-0.39, 0.29) is 11.8 Å². The number of rotatable bonds is 7. The van der Waals surface area contributed by atoms with E-state index in [1.807, 2.05) is 72.8 Å². The first-order valence-electron chi connectivity index (χ1n) is 12.2. The summed E-state index contributed by atoms with van der Waals surface area (Å²) < 4.78 is 0. The Balaban J connectivity index is 1.58. The van der Waals surface area contributed by atoms with Gasteiger partial charge in [-0.3, -0.25) is 9.59 Å². The molecule has 0 aromatic heterocycles. The summed E-state index contributed by atoms with van der Waals surface area (Å²) in [6.45, 7) is 6.49. The zero-order valence-corrected chi connectivity index (χ0v) is 21.9. The number of nitrogens with one attached hydrogen (secondary N) is 1. The number of carbonyl (C=O) groups excluding carboxylic acids is 1. The van der Waals surface area contributed by atoms with E-state index in [1.165, 1.54) is 5.56 Å². The largest absolute Gasteiger partial charge is 0.481 e. The molecule has 37 heavy (non-hydrogen) atoms. The summed E-state index contributed by atoms with van der Waals surface area (Å²) in [4.78, 5) is 24.9.